The molecule has 0 radical (unpaired) electrons. The maximum absolute atomic E-state index is 13.9. The molecule has 2 aromatic rings. The Bertz CT molecular complexity index is 981. The first kappa shape index (κ1) is 19.2. The lowest BCUT2D eigenvalue weighted by atomic mass is 9.99. The molecule has 5 nitrogen and oxygen atoms in total. The van der Waals surface area contributed by atoms with Crippen LogP contribution in [0.15, 0.2) is 35.2 Å². The number of carbonyl (C=O) groups excluding carboxylic acids is 1. The molecule has 0 unspecified atom stereocenters. The lowest BCUT2D eigenvalue weighted by Crippen LogP contribution is -2.59. The molecule has 2 amide bonds. The van der Waals surface area contributed by atoms with E-state index in [0.29, 0.717) is 4.90 Å². The molecule has 4 rings (SSSR count). The van der Waals surface area contributed by atoms with Gasteiger partial charge in [0.2, 0.25) is 0 Å². The zero-order valence-corrected chi connectivity index (χ0v) is 17.7. The molecule has 0 spiro atoms. The van der Waals surface area contributed by atoms with Gasteiger partial charge in [-0.3, -0.25) is 4.72 Å². The molecule has 0 aromatic heterocycles. The van der Waals surface area contributed by atoms with Crippen LogP contribution in [0.2, 0.25) is 0 Å². The van der Waals surface area contributed by atoms with Gasteiger partial charge < -0.3 is 5.32 Å². The van der Waals surface area contributed by atoms with E-state index in [1.807, 2.05) is 19.1 Å². The van der Waals surface area contributed by atoms with Gasteiger partial charge in [0, 0.05) is 26.3 Å². The van der Waals surface area contributed by atoms with Crippen LogP contribution in [0, 0.1) is 6.92 Å². The topological polar surface area (TPSA) is 70.2 Å². The van der Waals surface area contributed by atoms with Crippen LogP contribution >= 0.6 is 0 Å². The predicted molar refractivity (Wildman–Crippen MR) is 115 cm³/mol. The quantitative estimate of drug-likeness (QED) is 0.734. The second kappa shape index (κ2) is 6.71. The predicted octanol–water partition coefficient (Wildman–Crippen LogP) is 3.65. The number of fused-ring (bicyclic) bond motifs is 2. The Labute approximate surface area is 167 Å². The van der Waals surface area contributed by atoms with Gasteiger partial charge >= 0.3 is 6.03 Å². The molecule has 2 aliphatic carbocycles. The van der Waals surface area contributed by atoms with Crippen molar-refractivity contribution >= 4 is 21.2 Å². The fraction of sp³-hybridized carbons (Fsp3) is 0.409. The maximum atomic E-state index is 13.9. The van der Waals surface area contributed by atoms with E-state index < -0.39 is 15.5 Å². The molecule has 0 saturated heterocycles. The van der Waals surface area contributed by atoms with Crippen molar-refractivity contribution < 1.29 is 9.00 Å². The minimum absolute atomic E-state index is 0.427. The van der Waals surface area contributed by atoms with Crippen LogP contribution in [0.5, 0.6) is 0 Å². The minimum Gasteiger partial charge on any atom is -0.307 e. The number of urea groups is 1. The van der Waals surface area contributed by atoms with Crippen LogP contribution in [0.3, 0.4) is 0 Å². The van der Waals surface area contributed by atoms with Crippen molar-refractivity contribution in [2.24, 2.45) is 0 Å². The normalized spacial score (nSPS) is 16.8. The number of amides is 2. The first-order valence-electron chi connectivity index (χ1n) is 9.95. The van der Waals surface area contributed by atoms with Gasteiger partial charge in [0.1, 0.15) is 0 Å². The Morgan fingerprint density at radius 2 is 1.54 bits per heavy atom. The average molecular weight is 400 g/mol. The van der Waals surface area contributed by atoms with E-state index in [1.54, 1.807) is 25.4 Å². The summed E-state index contributed by atoms with van der Waals surface area (Å²) in [5.74, 6) is 0. The lowest BCUT2D eigenvalue weighted by molar-refractivity contribution is 0.256. The molecule has 0 aliphatic heterocycles. The summed E-state index contributed by atoms with van der Waals surface area (Å²) >= 11 is 0. The third-order valence-electron chi connectivity index (χ3n) is 6.13. The molecule has 2 aromatic carbocycles. The fourth-order valence-corrected chi connectivity index (χ4v) is 6.17. The Morgan fingerprint density at radius 3 is 2.07 bits per heavy atom. The van der Waals surface area contributed by atoms with Gasteiger partial charge in [-0.1, -0.05) is 23.8 Å². The number of hydrogen-bond donors (Lipinski definition) is 3. The highest BCUT2D eigenvalue weighted by atomic mass is 32.3. The average Bonchev–Trinajstić information content (AvgIpc) is 3.31. The fourth-order valence-electron chi connectivity index (χ4n) is 4.42. The van der Waals surface area contributed by atoms with Crippen molar-refractivity contribution in [2.75, 3.05) is 18.6 Å². The number of anilines is 1. The van der Waals surface area contributed by atoms with E-state index in [0.717, 1.165) is 49.8 Å². The van der Waals surface area contributed by atoms with Crippen molar-refractivity contribution in [1.82, 2.24) is 9.44 Å². The highest BCUT2D eigenvalue weighted by molar-refractivity contribution is 8.16. The van der Waals surface area contributed by atoms with Crippen molar-refractivity contribution in [2.45, 2.75) is 50.3 Å². The van der Waals surface area contributed by atoms with Gasteiger partial charge in [0.25, 0.3) is 0 Å². The summed E-state index contributed by atoms with van der Waals surface area (Å²) in [5.41, 5.74) is 7.27. The van der Waals surface area contributed by atoms with E-state index in [-0.39, 0.29) is 0 Å². The first-order valence-corrected chi connectivity index (χ1v) is 12.3. The standard InChI is InChI=1S/C22H29N3O2S/c1-15-10-12-18(13-11-15)28(3,27,23-2)25-22(26)24-21-19-8-4-6-16(19)14-17-7-5-9-20(17)21/h10-14H,4-9H2,1-3H3,(H3,23,24,25,26,27). The Morgan fingerprint density at radius 1 is 0.964 bits per heavy atom. The molecular formula is C22H29N3O2S. The largest absolute Gasteiger partial charge is 0.330 e. The van der Waals surface area contributed by atoms with E-state index >= 15 is 0 Å². The van der Waals surface area contributed by atoms with E-state index in [4.69, 9.17) is 0 Å². The molecule has 0 heterocycles. The van der Waals surface area contributed by atoms with Gasteiger partial charge in [-0.05, 0) is 86.9 Å². The summed E-state index contributed by atoms with van der Waals surface area (Å²) in [4.78, 5) is 13.6. The summed E-state index contributed by atoms with van der Waals surface area (Å²) in [7, 11) is -2.13. The van der Waals surface area contributed by atoms with Gasteiger partial charge in [-0.25, -0.2) is 13.7 Å². The number of benzene rings is 2. The highest BCUT2D eigenvalue weighted by Crippen LogP contribution is 2.38. The van der Waals surface area contributed by atoms with Gasteiger partial charge in [0.15, 0.2) is 0 Å². The number of rotatable bonds is 4. The van der Waals surface area contributed by atoms with Crippen LogP contribution in [-0.4, -0.2) is 23.5 Å². The van der Waals surface area contributed by atoms with E-state index in [9.17, 15) is 9.00 Å². The molecule has 28 heavy (non-hydrogen) atoms. The Balaban J connectivity index is 1.65. The van der Waals surface area contributed by atoms with Crippen LogP contribution < -0.4 is 14.8 Å². The second-order valence-electron chi connectivity index (χ2n) is 8.14. The molecule has 0 bridgehead atoms. The van der Waals surface area contributed by atoms with Gasteiger partial charge in [-0.15, -0.1) is 0 Å². The third kappa shape index (κ3) is 3.25. The zero-order valence-electron chi connectivity index (χ0n) is 16.9. The summed E-state index contributed by atoms with van der Waals surface area (Å²) in [6.07, 6.45) is 7.96. The molecular weight excluding hydrogens is 370 g/mol. The van der Waals surface area contributed by atoms with Crippen molar-refractivity contribution in [3.63, 3.8) is 0 Å². The maximum Gasteiger partial charge on any atom is 0.330 e. The van der Waals surface area contributed by atoms with Crippen LogP contribution in [0.1, 0.15) is 40.7 Å². The number of carbonyl (C=O) groups is 1. The number of nitrogens with one attached hydrogen (secondary N) is 3. The Hall–Kier alpha value is -2.18. The number of aryl methyl sites for hydroxylation is 3. The summed E-state index contributed by atoms with van der Waals surface area (Å²) in [5, 5.41) is 3.08. The monoisotopic (exact) mass is 399 g/mol. The molecule has 0 atom stereocenters. The van der Waals surface area contributed by atoms with Gasteiger partial charge in [-0.2, -0.15) is 0 Å². The summed E-state index contributed by atoms with van der Waals surface area (Å²) in [6.45, 7) is 1.98. The molecule has 150 valence electrons. The van der Waals surface area contributed by atoms with Crippen LogP contribution in [0.25, 0.3) is 0 Å². The van der Waals surface area contributed by atoms with Gasteiger partial charge in [0.05, 0.1) is 0 Å². The van der Waals surface area contributed by atoms with E-state index in [2.05, 4.69) is 20.8 Å². The second-order valence-corrected chi connectivity index (χ2v) is 11.9. The molecule has 0 fully saturated rings. The molecule has 6 heteroatoms. The van der Waals surface area contributed by atoms with Crippen molar-refractivity contribution in [3.05, 3.63) is 58.1 Å². The molecule has 3 N–H and O–H groups in total. The number of hydrogen-bond acceptors (Lipinski definition) is 2. The van der Waals surface area contributed by atoms with Crippen molar-refractivity contribution in [3.8, 4) is 0 Å². The van der Waals surface area contributed by atoms with E-state index in [1.165, 1.54) is 22.3 Å². The highest BCUT2D eigenvalue weighted by Gasteiger charge is 2.34. The van der Waals surface area contributed by atoms with Crippen LogP contribution in [0.4, 0.5) is 10.5 Å². The minimum atomic E-state index is -3.75. The van der Waals surface area contributed by atoms with Crippen molar-refractivity contribution in [1.29, 1.82) is 0 Å². The Kier molecular flexibility index (Phi) is 4.59. The molecule has 0 saturated carbocycles. The SMILES string of the molecule is CNS(C)(=O)(NC(=O)Nc1c2c(cc3c1CCC3)CCC2)c1ccc(C)cc1. The first-order chi connectivity index (χ1) is 13.3. The smallest absolute Gasteiger partial charge is 0.307 e. The zero-order chi connectivity index (χ0) is 20.0. The lowest BCUT2D eigenvalue weighted by Gasteiger charge is -2.39. The summed E-state index contributed by atoms with van der Waals surface area (Å²) < 4.78 is 19.5. The summed E-state index contributed by atoms with van der Waals surface area (Å²) in [6, 6.07) is 9.32. The van der Waals surface area contributed by atoms with Crippen LogP contribution in [-0.2, 0) is 35.1 Å². The third-order valence-corrected chi connectivity index (χ3v) is 9.20. The molecule has 2 aliphatic rings.